The van der Waals surface area contributed by atoms with Gasteiger partial charge in [0.25, 0.3) is 0 Å². The molecule has 1 aromatic rings. The number of carbonyl (C=O) groups is 1. The molecule has 6 nitrogen and oxygen atoms in total. The Bertz CT molecular complexity index is 544. The van der Waals surface area contributed by atoms with Gasteiger partial charge >= 0.3 is 6.03 Å². The molecule has 1 fully saturated rings. The van der Waals surface area contributed by atoms with E-state index in [1.54, 1.807) is 23.1 Å². The third-order valence-electron chi connectivity index (χ3n) is 3.71. The molecule has 114 valence electrons. The molecule has 1 unspecified atom stereocenters. The van der Waals surface area contributed by atoms with Gasteiger partial charge in [-0.05, 0) is 30.9 Å². The van der Waals surface area contributed by atoms with E-state index >= 15 is 0 Å². The van der Waals surface area contributed by atoms with Crippen molar-refractivity contribution in [1.82, 2.24) is 4.90 Å². The minimum absolute atomic E-state index is 0.101. The van der Waals surface area contributed by atoms with Gasteiger partial charge in [0.2, 0.25) is 0 Å². The summed E-state index contributed by atoms with van der Waals surface area (Å²) in [5.41, 5.74) is 6.50. The minimum atomic E-state index is -0.173. The maximum absolute atomic E-state index is 12.4. The molecule has 0 saturated carbocycles. The Balaban J connectivity index is 2.21. The number of hydrogen-bond acceptors (Lipinski definition) is 3. The van der Waals surface area contributed by atoms with Crippen molar-refractivity contribution in [3.63, 3.8) is 0 Å². The predicted octanol–water partition coefficient (Wildman–Crippen LogP) is 2.24. The first-order valence-corrected chi connectivity index (χ1v) is 7.10. The van der Waals surface area contributed by atoms with Crippen molar-refractivity contribution in [1.29, 1.82) is 5.41 Å². The fourth-order valence-electron chi connectivity index (χ4n) is 2.61. The van der Waals surface area contributed by atoms with E-state index in [-0.39, 0.29) is 11.9 Å². The minimum Gasteiger partial charge on any atom is -0.495 e. The molecule has 1 aromatic carbocycles. The molecule has 0 bridgehead atoms. The van der Waals surface area contributed by atoms with Gasteiger partial charge in [0.05, 0.1) is 12.8 Å². The van der Waals surface area contributed by atoms with Gasteiger partial charge in [-0.1, -0.05) is 13.0 Å². The van der Waals surface area contributed by atoms with Crippen LogP contribution < -0.4 is 15.8 Å². The van der Waals surface area contributed by atoms with Crippen molar-refractivity contribution in [2.24, 2.45) is 11.7 Å². The zero-order valence-corrected chi connectivity index (χ0v) is 12.5. The smallest absolute Gasteiger partial charge is 0.321 e. The number of nitrogens with zero attached hydrogens (tertiary/aromatic N) is 1. The first kappa shape index (κ1) is 15.2. The van der Waals surface area contributed by atoms with Gasteiger partial charge in [0, 0.05) is 18.7 Å². The number of nitrogens with one attached hydrogen (secondary N) is 2. The fraction of sp³-hybridized carbons (Fsp3) is 0.467. The van der Waals surface area contributed by atoms with Gasteiger partial charge in [0.1, 0.15) is 11.6 Å². The van der Waals surface area contributed by atoms with Crippen LogP contribution in [0.3, 0.4) is 0 Å². The molecule has 6 heteroatoms. The summed E-state index contributed by atoms with van der Waals surface area (Å²) in [7, 11) is 1.53. The van der Waals surface area contributed by atoms with E-state index < -0.39 is 0 Å². The number of rotatable bonds is 3. The zero-order valence-electron chi connectivity index (χ0n) is 12.5. The van der Waals surface area contributed by atoms with Crippen molar-refractivity contribution in [2.75, 3.05) is 25.5 Å². The Morgan fingerprint density at radius 3 is 2.90 bits per heavy atom. The average molecular weight is 290 g/mol. The Morgan fingerprint density at radius 1 is 1.52 bits per heavy atom. The third kappa shape index (κ3) is 3.45. The van der Waals surface area contributed by atoms with Crippen LogP contribution in [0.15, 0.2) is 18.2 Å². The van der Waals surface area contributed by atoms with E-state index in [0.29, 0.717) is 22.9 Å². The normalized spacial score (nSPS) is 18.2. The Labute approximate surface area is 124 Å². The number of benzene rings is 1. The maximum Gasteiger partial charge on any atom is 0.321 e. The van der Waals surface area contributed by atoms with Gasteiger partial charge in [0.15, 0.2) is 0 Å². The van der Waals surface area contributed by atoms with Crippen LogP contribution in [-0.2, 0) is 0 Å². The number of carbonyl (C=O) groups excluding carboxylic acids is 1. The van der Waals surface area contributed by atoms with Crippen molar-refractivity contribution >= 4 is 17.6 Å². The van der Waals surface area contributed by atoms with Crippen molar-refractivity contribution in [3.8, 4) is 5.75 Å². The summed E-state index contributed by atoms with van der Waals surface area (Å²) in [6.45, 7) is 3.64. The summed E-state index contributed by atoms with van der Waals surface area (Å²) >= 11 is 0. The van der Waals surface area contributed by atoms with E-state index in [4.69, 9.17) is 15.9 Å². The summed E-state index contributed by atoms with van der Waals surface area (Å²) in [6.07, 6.45) is 2.16. The number of para-hydroxylation sites is 1. The highest BCUT2D eigenvalue weighted by Crippen LogP contribution is 2.29. The molecule has 0 radical (unpaired) electrons. The number of amides is 2. The van der Waals surface area contributed by atoms with Crippen LogP contribution in [0.25, 0.3) is 0 Å². The number of piperidine rings is 1. The van der Waals surface area contributed by atoms with E-state index in [0.717, 1.165) is 25.9 Å². The van der Waals surface area contributed by atoms with Crippen LogP contribution in [-0.4, -0.2) is 37.0 Å². The van der Waals surface area contributed by atoms with Crippen LogP contribution in [0, 0.1) is 11.3 Å². The van der Waals surface area contributed by atoms with Gasteiger partial charge in [-0.3, -0.25) is 5.41 Å². The number of hydrogen-bond donors (Lipinski definition) is 3. The number of likely N-dealkylation sites (tertiary alicyclic amines) is 1. The largest absolute Gasteiger partial charge is 0.495 e. The van der Waals surface area contributed by atoms with Crippen molar-refractivity contribution in [3.05, 3.63) is 23.8 Å². The summed E-state index contributed by atoms with van der Waals surface area (Å²) < 4.78 is 5.26. The molecule has 1 atom stereocenters. The monoisotopic (exact) mass is 290 g/mol. The molecular formula is C15H22N4O2. The Hall–Kier alpha value is -2.24. The van der Waals surface area contributed by atoms with E-state index in [1.807, 2.05) is 0 Å². The number of amidine groups is 1. The standard InChI is InChI=1S/C15H22N4O2/c1-10-5-4-8-19(9-10)15(20)18-13-11(14(16)17)6-3-7-12(13)21-2/h3,6-7,10H,4-5,8-9H2,1-2H3,(H3,16,17)(H,18,20). The number of urea groups is 1. The molecule has 0 aliphatic carbocycles. The lowest BCUT2D eigenvalue weighted by Crippen LogP contribution is -2.42. The van der Waals surface area contributed by atoms with Crippen LogP contribution in [0.1, 0.15) is 25.3 Å². The van der Waals surface area contributed by atoms with Crippen molar-refractivity contribution < 1.29 is 9.53 Å². The number of methoxy groups -OCH3 is 1. The topological polar surface area (TPSA) is 91.4 Å². The molecule has 0 spiro atoms. The number of anilines is 1. The quantitative estimate of drug-likeness (QED) is 0.589. The molecule has 1 aliphatic rings. The van der Waals surface area contributed by atoms with E-state index in [9.17, 15) is 4.79 Å². The van der Waals surface area contributed by atoms with Crippen LogP contribution in [0.5, 0.6) is 5.75 Å². The fourth-order valence-corrected chi connectivity index (χ4v) is 2.61. The highest BCUT2D eigenvalue weighted by molar-refractivity contribution is 6.05. The molecule has 0 aromatic heterocycles. The Morgan fingerprint density at radius 2 is 2.29 bits per heavy atom. The second-order valence-electron chi connectivity index (χ2n) is 5.42. The second-order valence-corrected chi connectivity index (χ2v) is 5.42. The van der Waals surface area contributed by atoms with Crippen LogP contribution in [0.4, 0.5) is 10.5 Å². The molecule has 2 amide bonds. The molecular weight excluding hydrogens is 268 g/mol. The van der Waals surface area contributed by atoms with Crippen LogP contribution in [0.2, 0.25) is 0 Å². The summed E-state index contributed by atoms with van der Waals surface area (Å²) in [5, 5.41) is 10.5. The number of ether oxygens (including phenoxy) is 1. The molecule has 21 heavy (non-hydrogen) atoms. The predicted molar refractivity (Wildman–Crippen MR) is 83.0 cm³/mol. The third-order valence-corrected chi connectivity index (χ3v) is 3.71. The van der Waals surface area contributed by atoms with Crippen molar-refractivity contribution in [2.45, 2.75) is 19.8 Å². The maximum atomic E-state index is 12.4. The number of nitrogens with two attached hydrogens (primary N) is 1. The lowest BCUT2D eigenvalue weighted by Gasteiger charge is -2.31. The molecule has 1 heterocycles. The Kier molecular flexibility index (Phi) is 4.67. The average Bonchev–Trinajstić information content (AvgIpc) is 2.47. The molecule has 2 rings (SSSR count). The first-order valence-electron chi connectivity index (χ1n) is 7.10. The lowest BCUT2D eigenvalue weighted by molar-refractivity contribution is 0.182. The molecule has 1 saturated heterocycles. The van der Waals surface area contributed by atoms with Crippen LogP contribution >= 0.6 is 0 Å². The second kappa shape index (κ2) is 6.47. The highest BCUT2D eigenvalue weighted by Gasteiger charge is 2.23. The van der Waals surface area contributed by atoms with E-state index in [2.05, 4.69) is 12.2 Å². The summed E-state index contributed by atoms with van der Waals surface area (Å²) in [6, 6.07) is 5.00. The summed E-state index contributed by atoms with van der Waals surface area (Å²) in [4.78, 5) is 14.2. The van der Waals surface area contributed by atoms with Gasteiger partial charge < -0.3 is 20.7 Å². The first-order chi connectivity index (χ1) is 10.0. The summed E-state index contributed by atoms with van der Waals surface area (Å²) in [5.74, 6) is 0.909. The molecule has 4 N–H and O–H groups in total. The lowest BCUT2D eigenvalue weighted by atomic mass is 10.0. The van der Waals surface area contributed by atoms with Gasteiger partial charge in [-0.15, -0.1) is 0 Å². The van der Waals surface area contributed by atoms with Gasteiger partial charge in [-0.2, -0.15) is 0 Å². The highest BCUT2D eigenvalue weighted by atomic mass is 16.5. The SMILES string of the molecule is COc1cccc(C(=N)N)c1NC(=O)N1CCCC(C)C1. The van der Waals surface area contributed by atoms with Gasteiger partial charge in [-0.25, -0.2) is 4.79 Å². The molecule has 1 aliphatic heterocycles. The van der Waals surface area contributed by atoms with E-state index in [1.165, 1.54) is 7.11 Å². The zero-order chi connectivity index (χ0) is 15.4. The number of nitrogen functional groups attached to an aromatic ring is 1.